The first-order valence-corrected chi connectivity index (χ1v) is 8.36. The average molecular weight is 290 g/mol. The number of nitrogens with one attached hydrogen (secondary N) is 1. The molecule has 21 heavy (non-hydrogen) atoms. The van der Waals surface area contributed by atoms with Crippen LogP contribution in [-0.4, -0.2) is 37.7 Å². The molecular formula is C18H30N2O. The smallest absolute Gasteiger partial charge is 0.127 e. The summed E-state index contributed by atoms with van der Waals surface area (Å²) in [5, 5.41) is 3.72. The zero-order valence-electron chi connectivity index (χ0n) is 14.0. The molecule has 1 aliphatic rings. The first kappa shape index (κ1) is 16.3. The highest BCUT2D eigenvalue weighted by Crippen LogP contribution is 2.35. The summed E-state index contributed by atoms with van der Waals surface area (Å²) in [7, 11) is 0. The van der Waals surface area contributed by atoms with Crippen molar-refractivity contribution in [1.82, 2.24) is 10.2 Å². The van der Waals surface area contributed by atoms with E-state index in [0.29, 0.717) is 6.04 Å². The van der Waals surface area contributed by atoms with Gasteiger partial charge in [0.1, 0.15) is 5.75 Å². The van der Waals surface area contributed by atoms with Crippen LogP contribution in [0.15, 0.2) is 12.1 Å². The predicted octanol–water partition coefficient (Wildman–Crippen LogP) is 3.45. The Morgan fingerprint density at radius 3 is 2.71 bits per heavy atom. The van der Waals surface area contributed by atoms with Crippen LogP contribution < -0.4 is 10.1 Å². The molecule has 0 fully saturated rings. The molecule has 1 N–H and O–H groups in total. The zero-order chi connectivity index (χ0) is 15.2. The van der Waals surface area contributed by atoms with E-state index < -0.39 is 0 Å². The van der Waals surface area contributed by atoms with Gasteiger partial charge in [0.25, 0.3) is 0 Å². The summed E-state index contributed by atoms with van der Waals surface area (Å²) >= 11 is 0. The van der Waals surface area contributed by atoms with Gasteiger partial charge in [-0.1, -0.05) is 26.0 Å². The molecule has 3 nitrogen and oxygen atoms in total. The molecule has 1 unspecified atom stereocenters. The topological polar surface area (TPSA) is 24.5 Å². The molecule has 2 rings (SSSR count). The number of rotatable bonds is 7. The standard InChI is InChI=1S/C18H30N2O/c1-5-20(6-2)12-7-11-19-17-10-13-21-18-15(4)14(3)8-9-16(17)18/h8-9,17,19H,5-7,10-13H2,1-4H3. The van der Waals surface area contributed by atoms with Crippen molar-refractivity contribution in [3.8, 4) is 5.75 Å². The zero-order valence-corrected chi connectivity index (χ0v) is 14.0. The quantitative estimate of drug-likeness (QED) is 0.778. The van der Waals surface area contributed by atoms with Crippen LogP contribution in [0.5, 0.6) is 5.75 Å². The predicted molar refractivity (Wildman–Crippen MR) is 89.2 cm³/mol. The molecule has 3 heteroatoms. The Hall–Kier alpha value is -1.06. The van der Waals surface area contributed by atoms with Crippen LogP contribution >= 0.6 is 0 Å². The molecule has 0 saturated carbocycles. The first-order valence-electron chi connectivity index (χ1n) is 8.36. The van der Waals surface area contributed by atoms with Crippen LogP contribution in [0.4, 0.5) is 0 Å². The van der Waals surface area contributed by atoms with Crippen LogP contribution in [0.3, 0.4) is 0 Å². The van der Waals surface area contributed by atoms with Gasteiger partial charge >= 0.3 is 0 Å². The van der Waals surface area contributed by atoms with Crippen molar-refractivity contribution >= 4 is 0 Å². The highest BCUT2D eigenvalue weighted by Gasteiger charge is 2.22. The van der Waals surface area contributed by atoms with Crippen molar-refractivity contribution in [2.75, 3.05) is 32.8 Å². The summed E-state index contributed by atoms with van der Waals surface area (Å²) in [6.45, 7) is 14.2. The van der Waals surface area contributed by atoms with E-state index in [4.69, 9.17) is 4.74 Å². The molecule has 1 aliphatic heterocycles. The fourth-order valence-corrected chi connectivity index (χ4v) is 3.04. The molecule has 0 radical (unpaired) electrons. The van der Waals surface area contributed by atoms with E-state index in [1.54, 1.807) is 0 Å². The minimum absolute atomic E-state index is 0.449. The fourth-order valence-electron chi connectivity index (χ4n) is 3.04. The third kappa shape index (κ3) is 3.98. The van der Waals surface area contributed by atoms with Gasteiger partial charge in [-0.2, -0.15) is 0 Å². The molecule has 118 valence electrons. The lowest BCUT2D eigenvalue weighted by molar-refractivity contribution is 0.246. The van der Waals surface area contributed by atoms with Crippen LogP contribution in [0.2, 0.25) is 0 Å². The Bertz CT molecular complexity index is 455. The van der Waals surface area contributed by atoms with E-state index >= 15 is 0 Å². The number of ether oxygens (including phenoxy) is 1. The summed E-state index contributed by atoms with van der Waals surface area (Å²) in [6, 6.07) is 4.90. The van der Waals surface area contributed by atoms with Gasteiger partial charge in [-0.05, 0) is 57.6 Å². The minimum Gasteiger partial charge on any atom is -0.493 e. The fraction of sp³-hybridized carbons (Fsp3) is 0.667. The van der Waals surface area contributed by atoms with Crippen LogP contribution in [0, 0.1) is 13.8 Å². The van der Waals surface area contributed by atoms with E-state index in [1.165, 1.54) is 29.7 Å². The molecule has 0 amide bonds. The highest BCUT2D eigenvalue weighted by molar-refractivity contribution is 5.47. The molecule has 1 heterocycles. The van der Waals surface area contributed by atoms with Crippen molar-refractivity contribution < 1.29 is 4.74 Å². The van der Waals surface area contributed by atoms with E-state index in [2.05, 4.69) is 50.0 Å². The summed E-state index contributed by atoms with van der Waals surface area (Å²) < 4.78 is 5.90. The SMILES string of the molecule is CCN(CC)CCCNC1CCOc2c1ccc(C)c2C. The monoisotopic (exact) mass is 290 g/mol. The maximum absolute atomic E-state index is 5.90. The van der Waals surface area contributed by atoms with Crippen molar-refractivity contribution in [3.63, 3.8) is 0 Å². The van der Waals surface area contributed by atoms with Gasteiger partial charge in [0.05, 0.1) is 6.61 Å². The third-order valence-electron chi connectivity index (χ3n) is 4.67. The van der Waals surface area contributed by atoms with Crippen LogP contribution in [0.1, 0.15) is 49.4 Å². The molecule has 0 spiro atoms. The summed E-state index contributed by atoms with van der Waals surface area (Å²) in [4.78, 5) is 2.48. The normalized spacial score (nSPS) is 17.7. The Morgan fingerprint density at radius 2 is 2.00 bits per heavy atom. The van der Waals surface area contributed by atoms with Gasteiger partial charge in [0, 0.05) is 18.0 Å². The summed E-state index contributed by atoms with van der Waals surface area (Å²) in [5.74, 6) is 1.11. The van der Waals surface area contributed by atoms with E-state index in [9.17, 15) is 0 Å². The average Bonchev–Trinajstić information content (AvgIpc) is 2.51. The Kier molecular flexibility index (Phi) is 6.07. The van der Waals surface area contributed by atoms with Crippen molar-refractivity contribution in [1.29, 1.82) is 0 Å². The van der Waals surface area contributed by atoms with Gasteiger partial charge in [0.2, 0.25) is 0 Å². The van der Waals surface area contributed by atoms with Gasteiger partial charge < -0.3 is 15.0 Å². The second-order valence-electron chi connectivity index (χ2n) is 5.95. The van der Waals surface area contributed by atoms with Gasteiger partial charge in [0.15, 0.2) is 0 Å². The first-order chi connectivity index (χ1) is 10.2. The Morgan fingerprint density at radius 1 is 1.24 bits per heavy atom. The Labute approximate surface area is 129 Å². The summed E-state index contributed by atoms with van der Waals surface area (Å²) in [5.41, 5.74) is 3.95. The second-order valence-corrected chi connectivity index (χ2v) is 5.95. The number of aryl methyl sites for hydroxylation is 1. The van der Waals surface area contributed by atoms with Gasteiger partial charge in [-0.3, -0.25) is 0 Å². The maximum Gasteiger partial charge on any atom is 0.127 e. The van der Waals surface area contributed by atoms with Crippen LogP contribution in [-0.2, 0) is 0 Å². The summed E-state index contributed by atoms with van der Waals surface area (Å²) in [6.07, 6.45) is 2.28. The Balaban J connectivity index is 1.90. The van der Waals surface area contributed by atoms with E-state index in [-0.39, 0.29) is 0 Å². The van der Waals surface area contributed by atoms with Crippen molar-refractivity contribution in [2.45, 2.75) is 46.6 Å². The second kappa shape index (κ2) is 7.81. The van der Waals surface area contributed by atoms with Gasteiger partial charge in [-0.25, -0.2) is 0 Å². The molecule has 1 aromatic carbocycles. The lowest BCUT2D eigenvalue weighted by atomic mass is 9.95. The molecule has 0 bridgehead atoms. The molecular weight excluding hydrogens is 260 g/mol. The highest BCUT2D eigenvalue weighted by atomic mass is 16.5. The minimum atomic E-state index is 0.449. The van der Waals surface area contributed by atoms with Gasteiger partial charge in [-0.15, -0.1) is 0 Å². The number of benzene rings is 1. The number of hydrogen-bond acceptors (Lipinski definition) is 3. The molecule has 1 atom stereocenters. The lowest BCUT2D eigenvalue weighted by Crippen LogP contribution is -2.31. The molecule has 0 saturated heterocycles. The number of hydrogen-bond donors (Lipinski definition) is 1. The van der Waals surface area contributed by atoms with Crippen molar-refractivity contribution in [2.24, 2.45) is 0 Å². The number of nitrogens with zero attached hydrogens (tertiary/aromatic N) is 1. The van der Waals surface area contributed by atoms with E-state index in [1.807, 2.05) is 0 Å². The molecule has 1 aromatic rings. The van der Waals surface area contributed by atoms with Crippen molar-refractivity contribution in [3.05, 3.63) is 28.8 Å². The van der Waals surface area contributed by atoms with Crippen LogP contribution in [0.25, 0.3) is 0 Å². The van der Waals surface area contributed by atoms with E-state index in [0.717, 1.165) is 38.4 Å². The maximum atomic E-state index is 5.90. The lowest BCUT2D eigenvalue weighted by Gasteiger charge is -2.29. The third-order valence-corrected chi connectivity index (χ3v) is 4.67. The number of fused-ring (bicyclic) bond motifs is 1. The molecule has 0 aliphatic carbocycles. The molecule has 0 aromatic heterocycles. The largest absolute Gasteiger partial charge is 0.493 e.